The minimum atomic E-state index is 0.273. The first-order valence-corrected chi connectivity index (χ1v) is 23.9. The van der Waals surface area contributed by atoms with Gasteiger partial charge < -0.3 is 4.57 Å². The largest absolute Gasteiger partial charge is 0.313 e. The molecule has 0 radical (unpaired) electrons. The third kappa shape index (κ3) is 6.86. The van der Waals surface area contributed by atoms with Crippen LogP contribution in [0.2, 0.25) is 0 Å². The van der Waals surface area contributed by atoms with Gasteiger partial charge in [0.05, 0.1) is 11.0 Å². The zero-order chi connectivity index (χ0) is 42.6. The van der Waals surface area contributed by atoms with Crippen LogP contribution in [0.1, 0.15) is 77.6 Å². The Kier molecular flexibility index (Phi) is 10.3. The Balaban J connectivity index is 1.02. The van der Waals surface area contributed by atoms with Gasteiger partial charge in [-0.3, -0.25) is 0 Å². The fourth-order valence-corrected chi connectivity index (χ4v) is 12.9. The molecular formula is C60H49NS2. The van der Waals surface area contributed by atoms with E-state index in [-0.39, 0.29) is 5.92 Å². The summed E-state index contributed by atoms with van der Waals surface area (Å²) in [6.07, 6.45) is 18.0. The number of thiophene rings is 1. The van der Waals surface area contributed by atoms with E-state index in [4.69, 9.17) is 6.58 Å². The molecular weight excluding hydrogens is 799 g/mol. The molecule has 2 atom stereocenters. The summed E-state index contributed by atoms with van der Waals surface area (Å²) in [5.41, 5.74) is 18.0. The van der Waals surface area contributed by atoms with Crippen molar-refractivity contribution in [1.82, 2.24) is 4.57 Å². The van der Waals surface area contributed by atoms with Gasteiger partial charge in [-0.05, 0) is 137 Å². The van der Waals surface area contributed by atoms with E-state index in [0.717, 1.165) is 31.3 Å². The predicted molar refractivity (Wildman–Crippen MR) is 275 cm³/mol. The molecule has 0 amide bonds. The lowest BCUT2D eigenvalue weighted by Gasteiger charge is -2.20. The second kappa shape index (κ2) is 16.4. The van der Waals surface area contributed by atoms with E-state index in [1.165, 1.54) is 108 Å². The second-order valence-corrected chi connectivity index (χ2v) is 19.3. The number of para-hydroxylation sites is 1. The number of aryl methyl sites for hydroxylation is 1. The lowest BCUT2D eigenvalue weighted by atomic mass is 9.87. The van der Waals surface area contributed by atoms with Gasteiger partial charge in [-0.2, -0.15) is 0 Å². The Hall–Kier alpha value is -6.39. The summed E-state index contributed by atoms with van der Waals surface area (Å²) < 4.78 is 3.77. The van der Waals surface area contributed by atoms with Crippen LogP contribution in [0.5, 0.6) is 0 Å². The van der Waals surface area contributed by atoms with Crippen molar-refractivity contribution in [2.75, 3.05) is 0 Å². The highest BCUT2D eigenvalue weighted by atomic mass is 32.2. The molecule has 306 valence electrons. The molecule has 0 saturated heterocycles. The van der Waals surface area contributed by atoms with Crippen molar-refractivity contribution >= 4 is 77.9 Å². The summed E-state index contributed by atoms with van der Waals surface area (Å²) in [6.45, 7) is 13.6. The van der Waals surface area contributed by atoms with Crippen LogP contribution in [0, 0.1) is 0 Å². The molecule has 3 heteroatoms. The smallest absolute Gasteiger partial charge is 0.0543 e. The molecule has 2 unspecified atom stereocenters. The van der Waals surface area contributed by atoms with Gasteiger partial charge in [0.15, 0.2) is 0 Å². The summed E-state index contributed by atoms with van der Waals surface area (Å²) in [7, 11) is 0. The molecule has 1 aliphatic heterocycles. The van der Waals surface area contributed by atoms with Crippen LogP contribution in [0.25, 0.3) is 65.9 Å². The van der Waals surface area contributed by atoms with E-state index < -0.39 is 0 Å². The van der Waals surface area contributed by atoms with Gasteiger partial charge in [-0.15, -0.1) is 11.3 Å². The second-order valence-electron chi connectivity index (χ2n) is 17.1. The van der Waals surface area contributed by atoms with Crippen molar-refractivity contribution in [2.24, 2.45) is 0 Å². The molecule has 3 aliphatic rings. The molecule has 0 fully saturated rings. The quantitative estimate of drug-likeness (QED) is 0.133. The van der Waals surface area contributed by atoms with Crippen LogP contribution in [0.3, 0.4) is 0 Å². The first-order valence-electron chi connectivity index (χ1n) is 22.3. The Labute approximate surface area is 379 Å². The molecule has 1 nitrogen and oxygen atoms in total. The molecule has 2 bridgehead atoms. The topological polar surface area (TPSA) is 4.93 Å². The van der Waals surface area contributed by atoms with Crippen LogP contribution in [-0.2, 0) is 6.42 Å². The highest BCUT2D eigenvalue weighted by molar-refractivity contribution is 8.03. The summed E-state index contributed by atoms with van der Waals surface area (Å²) in [6, 6.07) is 51.7. The Morgan fingerprint density at radius 1 is 0.762 bits per heavy atom. The number of hydrogen-bond acceptors (Lipinski definition) is 2. The monoisotopic (exact) mass is 847 g/mol. The number of hydrogen-bond donors (Lipinski definition) is 0. The van der Waals surface area contributed by atoms with E-state index in [1.54, 1.807) is 0 Å². The van der Waals surface area contributed by atoms with Crippen molar-refractivity contribution in [3.8, 4) is 11.1 Å². The molecule has 3 heterocycles. The van der Waals surface area contributed by atoms with Crippen LogP contribution in [0.4, 0.5) is 0 Å². The van der Waals surface area contributed by atoms with E-state index in [2.05, 4.69) is 201 Å². The summed E-state index contributed by atoms with van der Waals surface area (Å²) in [4.78, 5) is 4.11. The van der Waals surface area contributed by atoms with Crippen LogP contribution >= 0.6 is 23.1 Å². The molecule has 63 heavy (non-hydrogen) atoms. The van der Waals surface area contributed by atoms with Gasteiger partial charge in [0.1, 0.15) is 0 Å². The SMILES string of the molecule is C=CC1=C(/C=C\C)C(CCc2ccccc2)c2cc(-c3cccc4c3c3ccccc3n4/C(C)=C/c3c(C(=C)C4=CC5C=C(CC4)Sc4ccccc45)sc4ccccc34)ccc21. The first kappa shape index (κ1) is 39.5. The van der Waals surface area contributed by atoms with Crippen LogP contribution in [0.15, 0.2) is 204 Å². The zero-order valence-corrected chi connectivity index (χ0v) is 37.5. The normalized spacial score (nSPS) is 17.3. The maximum absolute atomic E-state index is 4.88. The maximum Gasteiger partial charge on any atom is 0.0543 e. The minimum absolute atomic E-state index is 0.273. The Bertz CT molecular complexity index is 3320. The number of allylic oxidation sites excluding steroid dienone is 11. The number of benzene rings is 6. The molecule has 0 N–H and O–H groups in total. The zero-order valence-electron chi connectivity index (χ0n) is 35.9. The van der Waals surface area contributed by atoms with Crippen molar-refractivity contribution in [3.05, 3.63) is 232 Å². The third-order valence-electron chi connectivity index (χ3n) is 13.4. The Morgan fingerprint density at radius 2 is 1.54 bits per heavy atom. The molecule has 0 saturated carbocycles. The van der Waals surface area contributed by atoms with Gasteiger partial charge in [0.2, 0.25) is 0 Å². The fourth-order valence-electron chi connectivity index (χ4n) is 10.5. The van der Waals surface area contributed by atoms with Crippen LogP contribution in [-0.4, -0.2) is 4.57 Å². The van der Waals surface area contributed by atoms with Crippen molar-refractivity contribution in [2.45, 2.75) is 56.3 Å². The Morgan fingerprint density at radius 3 is 2.40 bits per heavy atom. The summed E-state index contributed by atoms with van der Waals surface area (Å²) in [5, 5.41) is 3.82. The average molecular weight is 848 g/mol. The molecule has 2 aliphatic carbocycles. The van der Waals surface area contributed by atoms with E-state index in [0.29, 0.717) is 5.92 Å². The minimum Gasteiger partial charge on any atom is -0.313 e. The standard InChI is InChI=1S/C60H49NS2/c1-5-17-48-45(6-2)49-33-30-42(37-53(49)50(48)32-28-40-18-8-7-9-19-40)47-23-16-25-56-59(47)52-22-10-13-24-55(52)61(56)38(3)34-54-51-21-12-15-27-58(51)63-60(54)39(4)41-29-31-44-36-43(35-41)46-20-11-14-26-57(46)62-44/h5-27,30,33-37,43,50H,2,4,28-29,31-32H2,1,3H3/b17-5-,38-34+. The predicted octanol–water partition coefficient (Wildman–Crippen LogP) is 17.4. The van der Waals surface area contributed by atoms with Crippen molar-refractivity contribution in [3.63, 3.8) is 0 Å². The number of aromatic nitrogens is 1. The van der Waals surface area contributed by atoms with Gasteiger partial charge in [0, 0.05) is 53.7 Å². The maximum atomic E-state index is 4.88. The number of thioether (sulfide) groups is 1. The summed E-state index contributed by atoms with van der Waals surface area (Å²) in [5.74, 6) is 0.564. The fraction of sp³-hybridized carbons (Fsp3) is 0.133. The highest BCUT2D eigenvalue weighted by Gasteiger charge is 2.30. The summed E-state index contributed by atoms with van der Waals surface area (Å²) >= 11 is 3.82. The van der Waals surface area contributed by atoms with Crippen molar-refractivity contribution < 1.29 is 0 Å². The highest BCUT2D eigenvalue weighted by Crippen LogP contribution is 2.50. The third-order valence-corrected chi connectivity index (χ3v) is 15.9. The van der Waals surface area contributed by atoms with Gasteiger partial charge in [-0.1, -0.05) is 164 Å². The van der Waals surface area contributed by atoms with E-state index in [1.807, 2.05) is 23.1 Å². The van der Waals surface area contributed by atoms with Crippen molar-refractivity contribution in [1.29, 1.82) is 0 Å². The lowest BCUT2D eigenvalue weighted by molar-refractivity contribution is 0.725. The molecule has 8 aromatic rings. The number of fused-ring (bicyclic) bond motifs is 8. The average Bonchev–Trinajstić information content (AvgIpc) is 3.92. The van der Waals surface area contributed by atoms with Gasteiger partial charge in [0.25, 0.3) is 0 Å². The first-order chi connectivity index (χ1) is 31.0. The molecule has 11 rings (SSSR count). The molecule has 2 aromatic heterocycles. The number of nitrogens with zero attached hydrogens (tertiary/aromatic N) is 1. The van der Waals surface area contributed by atoms with E-state index in [9.17, 15) is 0 Å². The molecule has 0 spiro atoms. The lowest BCUT2D eigenvalue weighted by Crippen LogP contribution is -2.01. The molecule has 6 aromatic carbocycles. The van der Waals surface area contributed by atoms with Crippen LogP contribution < -0.4 is 0 Å². The van der Waals surface area contributed by atoms with Gasteiger partial charge >= 0.3 is 0 Å². The number of rotatable bonds is 10. The van der Waals surface area contributed by atoms with E-state index >= 15 is 0 Å². The van der Waals surface area contributed by atoms with Gasteiger partial charge in [-0.25, -0.2) is 0 Å².